The van der Waals surface area contributed by atoms with Crippen LogP contribution in [0.3, 0.4) is 0 Å². The molecule has 0 aliphatic heterocycles. The van der Waals surface area contributed by atoms with E-state index in [1.54, 1.807) is 6.92 Å². The maximum absolute atomic E-state index is 12.2. The van der Waals surface area contributed by atoms with Gasteiger partial charge in [0.05, 0.1) is 5.69 Å². The molecule has 3 aromatic heterocycles. The fourth-order valence-corrected chi connectivity index (χ4v) is 4.85. The maximum Gasteiger partial charge on any atom is 0.275 e. The summed E-state index contributed by atoms with van der Waals surface area (Å²) in [4.78, 5) is 28.7. The summed E-state index contributed by atoms with van der Waals surface area (Å²) in [5.74, 6) is 0.922. The highest BCUT2D eigenvalue weighted by atomic mass is 32.2. The lowest BCUT2D eigenvalue weighted by Crippen LogP contribution is -2.15. The van der Waals surface area contributed by atoms with Crippen LogP contribution in [0.5, 0.6) is 0 Å². The lowest BCUT2D eigenvalue weighted by molar-refractivity contribution is -0.115. The average molecular weight is 395 g/mol. The first-order valence-corrected chi connectivity index (χ1v) is 10.4. The lowest BCUT2D eigenvalue weighted by Gasteiger charge is -1.98. The van der Waals surface area contributed by atoms with Crippen LogP contribution in [0.25, 0.3) is 4.96 Å². The molecule has 1 fully saturated rings. The number of amides is 1. The van der Waals surface area contributed by atoms with Crippen LogP contribution in [0.4, 0.5) is 5.13 Å². The van der Waals surface area contributed by atoms with Gasteiger partial charge in [-0.1, -0.05) is 41.4 Å². The van der Waals surface area contributed by atoms with Crippen molar-refractivity contribution in [3.8, 4) is 0 Å². The quantitative estimate of drug-likeness (QED) is 0.506. The summed E-state index contributed by atoms with van der Waals surface area (Å²) in [6, 6.07) is 1.51. The number of hydrogen-bond acceptors (Lipinski definition) is 9. The normalized spacial score (nSPS) is 14.1. The standard InChI is InChI=1S/C14H14N6O2S3/c1-2-9(21)16-12-17-18-14(25-12)23-6-8-5-10(22)20-13(15-8)24-11(19-20)7-3-4-7/h5,7H,2-4,6H2,1H3,(H,16,17,21). The second kappa shape index (κ2) is 6.81. The van der Waals surface area contributed by atoms with Crippen molar-refractivity contribution in [2.75, 3.05) is 5.32 Å². The van der Waals surface area contributed by atoms with E-state index in [0.29, 0.717) is 33.9 Å². The van der Waals surface area contributed by atoms with Gasteiger partial charge in [0.15, 0.2) is 4.34 Å². The number of carbonyl (C=O) groups is 1. The molecule has 0 bridgehead atoms. The molecule has 11 heteroatoms. The van der Waals surface area contributed by atoms with Crippen LogP contribution in [-0.4, -0.2) is 30.7 Å². The van der Waals surface area contributed by atoms with Gasteiger partial charge >= 0.3 is 0 Å². The molecule has 1 aliphatic carbocycles. The summed E-state index contributed by atoms with van der Waals surface area (Å²) in [7, 11) is 0. The Bertz CT molecular complexity index is 990. The molecule has 8 nitrogen and oxygen atoms in total. The molecule has 4 rings (SSSR count). The highest BCUT2D eigenvalue weighted by molar-refractivity contribution is 8.00. The highest BCUT2D eigenvalue weighted by Gasteiger charge is 2.28. The van der Waals surface area contributed by atoms with Crippen LogP contribution in [0, 0.1) is 0 Å². The smallest absolute Gasteiger partial charge is 0.275 e. The van der Waals surface area contributed by atoms with E-state index >= 15 is 0 Å². The number of nitrogens with one attached hydrogen (secondary N) is 1. The van der Waals surface area contributed by atoms with Crippen molar-refractivity contribution in [3.05, 3.63) is 27.1 Å². The van der Waals surface area contributed by atoms with E-state index in [2.05, 4.69) is 25.6 Å². The van der Waals surface area contributed by atoms with Gasteiger partial charge in [0.25, 0.3) is 5.56 Å². The number of thioether (sulfide) groups is 1. The molecule has 0 radical (unpaired) electrons. The zero-order valence-electron chi connectivity index (χ0n) is 13.3. The topological polar surface area (TPSA) is 102 Å². The van der Waals surface area contributed by atoms with Gasteiger partial charge in [-0.3, -0.25) is 9.59 Å². The van der Waals surface area contributed by atoms with Crippen LogP contribution in [0.2, 0.25) is 0 Å². The van der Waals surface area contributed by atoms with Gasteiger partial charge in [-0.2, -0.15) is 9.61 Å². The first kappa shape index (κ1) is 16.6. The van der Waals surface area contributed by atoms with E-state index in [1.165, 1.54) is 45.0 Å². The third kappa shape index (κ3) is 3.72. The molecule has 0 saturated heterocycles. The third-order valence-corrected chi connectivity index (χ3v) is 6.63. The third-order valence-electron chi connectivity index (χ3n) is 3.56. The van der Waals surface area contributed by atoms with Crippen LogP contribution in [0.1, 0.15) is 42.8 Å². The number of anilines is 1. The van der Waals surface area contributed by atoms with Gasteiger partial charge in [-0.15, -0.1) is 10.2 Å². The first-order valence-electron chi connectivity index (χ1n) is 7.78. The number of nitrogens with zero attached hydrogens (tertiary/aromatic N) is 5. The summed E-state index contributed by atoms with van der Waals surface area (Å²) < 4.78 is 2.10. The average Bonchev–Trinajstić information content (AvgIpc) is 3.20. The van der Waals surface area contributed by atoms with E-state index < -0.39 is 0 Å². The molecule has 0 atom stereocenters. The van der Waals surface area contributed by atoms with Crippen molar-refractivity contribution in [1.29, 1.82) is 0 Å². The molecule has 1 amide bonds. The van der Waals surface area contributed by atoms with E-state index in [4.69, 9.17) is 0 Å². The molecule has 0 spiro atoms. The number of carbonyl (C=O) groups excluding carboxylic acids is 1. The number of hydrogen-bond donors (Lipinski definition) is 1. The Kier molecular flexibility index (Phi) is 4.52. The van der Waals surface area contributed by atoms with Crippen molar-refractivity contribution in [2.45, 2.75) is 42.2 Å². The Balaban J connectivity index is 1.47. The zero-order chi connectivity index (χ0) is 17.4. The Hall–Kier alpha value is -1.85. The molecule has 0 aromatic carbocycles. The van der Waals surface area contributed by atoms with Gasteiger partial charge < -0.3 is 5.32 Å². The molecular formula is C14H14N6O2S3. The maximum atomic E-state index is 12.2. The van der Waals surface area contributed by atoms with Gasteiger partial charge in [-0.05, 0) is 12.8 Å². The SMILES string of the molecule is CCC(=O)Nc1nnc(SCc2cc(=O)n3nc(C4CC4)sc3n2)s1. The predicted molar refractivity (Wildman–Crippen MR) is 97.5 cm³/mol. The summed E-state index contributed by atoms with van der Waals surface area (Å²) in [6.45, 7) is 1.78. The van der Waals surface area contributed by atoms with Crippen molar-refractivity contribution in [2.24, 2.45) is 0 Å². The van der Waals surface area contributed by atoms with Gasteiger partial charge in [0.1, 0.15) is 5.01 Å². The second-order valence-corrected chi connectivity index (χ2v) is 8.75. The van der Waals surface area contributed by atoms with Gasteiger partial charge in [0.2, 0.25) is 16.0 Å². The monoisotopic (exact) mass is 394 g/mol. The molecular weight excluding hydrogens is 380 g/mol. The Morgan fingerprint density at radius 2 is 2.24 bits per heavy atom. The number of rotatable bonds is 6. The fourth-order valence-electron chi connectivity index (χ4n) is 2.10. The van der Waals surface area contributed by atoms with Gasteiger partial charge in [0, 0.05) is 24.2 Å². The van der Waals surface area contributed by atoms with Crippen molar-refractivity contribution in [3.63, 3.8) is 0 Å². The molecule has 3 heterocycles. The minimum Gasteiger partial charge on any atom is -0.301 e. The second-order valence-electron chi connectivity index (χ2n) is 5.56. The molecule has 25 heavy (non-hydrogen) atoms. The van der Waals surface area contributed by atoms with Crippen LogP contribution in [0.15, 0.2) is 15.2 Å². The number of aromatic nitrogens is 5. The molecule has 1 N–H and O–H groups in total. The predicted octanol–water partition coefficient (Wildman–Crippen LogP) is 2.52. The fraction of sp³-hybridized carbons (Fsp3) is 0.429. The van der Waals surface area contributed by atoms with Gasteiger partial charge in [-0.25, -0.2) is 4.98 Å². The molecule has 130 valence electrons. The Morgan fingerprint density at radius 3 is 3.00 bits per heavy atom. The summed E-state index contributed by atoms with van der Waals surface area (Å²) in [6.07, 6.45) is 2.68. The first-order chi connectivity index (χ1) is 12.1. The summed E-state index contributed by atoms with van der Waals surface area (Å²) >= 11 is 4.24. The molecule has 1 saturated carbocycles. The lowest BCUT2D eigenvalue weighted by atomic mass is 10.4. The van der Waals surface area contributed by atoms with Crippen LogP contribution < -0.4 is 10.9 Å². The van der Waals surface area contributed by atoms with Crippen molar-refractivity contribution >= 4 is 50.4 Å². The highest BCUT2D eigenvalue weighted by Crippen LogP contribution is 2.41. The molecule has 3 aromatic rings. The molecule has 0 unspecified atom stereocenters. The van der Waals surface area contributed by atoms with Crippen LogP contribution >= 0.6 is 34.4 Å². The largest absolute Gasteiger partial charge is 0.301 e. The summed E-state index contributed by atoms with van der Waals surface area (Å²) in [5.41, 5.74) is 0.534. The Morgan fingerprint density at radius 1 is 1.40 bits per heavy atom. The van der Waals surface area contributed by atoms with Crippen LogP contribution in [-0.2, 0) is 10.5 Å². The van der Waals surface area contributed by atoms with E-state index in [-0.39, 0.29) is 11.5 Å². The zero-order valence-corrected chi connectivity index (χ0v) is 15.7. The minimum atomic E-state index is -0.156. The molecule has 1 aliphatic rings. The van der Waals surface area contributed by atoms with E-state index in [1.807, 2.05) is 0 Å². The van der Waals surface area contributed by atoms with Crippen molar-refractivity contribution < 1.29 is 4.79 Å². The Labute approximate surface area is 154 Å². The van der Waals surface area contributed by atoms with E-state index in [0.717, 1.165) is 22.2 Å². The van der Waals surface area contributed by atoms with E-state index in [9.17, 15) is 9.59 Å². The minimum absolute atomic E-state index is 0.0931. The summed E-state index contributed by atoms with van der Waals surface area (Å²) in [5, 5.41) is 16.5. The number of fused-ring (bicyclic) bond motifs is 1. The van der Waals surface area contributed by atoms with Crippen molar-refractivity contribution in [1.82, 2.24) is 24.8 Å².